The average Bonchev–Trinajstić information content (AvgIpc) is 3.36. The number of guanidine groups is 1. The number of rotatable bonds is 11. The lowest BCUT2D eigenvalue weighted by atomic mass is 10.2. The second kappa shape index (κ2) is 10.7. The highest BCUT2D eigenvalue weighted by molar-refractivity contribution is 5.79. The molecular formula is C21H29N3O2. The number of furan rings is 1. The summed E-state index contributed by atoms with van der Waals surface area (Å²) < 4.78 is 11.1. The molecule has 26 heavy (non-hydrogen) atoms. The van der Waals surface area contributed by atoms with Gasteiger partial charge < -0.3 is 19.8 Å². The molecule has 0 saturated heterocycles. The molecule has 5 nitrogen and oxygen atoms in total. The zero-order chi connectivity index (χ0) is 17.9. The van der Waals surface area contributed by atoms with Crippen LogP contribution >= 0.6 is 0 Å². The normalized spacial score (nSPS) is 14.4. The predicted molar refractivity (Wildman–Crippen MR) is 104 cm³/mol. The lowest BCUT2D eigenvalue weighted by Crippen LogP contribution is -2.39. The summed E-state index contributed by atoms with van der Waals surface area (Å²) in [6.07, 6.45) is 6.21. The van der Waals surface area contributed by atoms with Crippen LogP contribution < -0.4 is 10.6 Å². The molecule has 0 atom stereocenters. The minimum absolute atomic E-state index is 0.662. The highest BCUT2D eigenvalue weighted by Crippen LogP contribution is 2.28. The largest absolute Gasteiger partial charge is 0.469 e. The zero-order valence-corrected chi connectivity index (χ0v) is 15.3. The molecule has 1 saturated carbocycles. The fourth-order valence-corrected chi connectivity index (χ4v) is 2.60. The van der Waals surface area contributed by atoms with E-state index in [1.807, 2.05) is 30.3 Å². The number of nitrogens with one attached hydrogen (secondary N) is 2. The van der Waals surface area contributed by atoms with Gasteiger partial charge in [-0.2, -0.15) is 0 Å². The molecule has 140 valence electrons. The van der Waals surface area contributed by atoms with Crippen LogP contribution in [0.4, 0.5) is 0 Å². The van der Waals surface area contributed by atoms with E-state index in [-0.39, 0.29) is 0 Å². The van der Waals surface area contributed by atoms with Gasteiger partial charge in [0.2, 0.25) is 0 Å². The van der Waals surface area contributed by atoms with E-state index in [1.54, 1.807) is 6.26 Å². The standard InChI is InChI=1S/C21H29N3O2/c1-2-6-18(7-3-1)16-24-21(23-13-11-20-8-4-15-26-20)22-12-5-14-25-17-19-9-10-19/h1-4,6-8,15,19H,5,9-14,16-17H2,(H2,22,23,24). The van der Waals surface area contributed by atoms with Crippen molar-refractivity contribution in [3.05, 3.63) is 60.1 Å². The maximum Gasteiger partial charge on any atom is 0.191 e. The molecule has 1 fully saturated rings. The van der Waals surface area contributed by atoms with Crippen molar-refractivity contribution in [2.45, 2.75) is 32.2 Å². The van der Waals surface area contributed by atoms with Crippen molar-refractivity contribution in [3.8, 4) is 0 Å². The quantitative estimate of drug-likeness (QED) is 0.369. The van der Waals surface area contributed by atoms with Crippen LogP contribution in [0.1, 0.15) is 30.6 Å². The Labute approximate surface area is 155 Å². The van der Waals surface area contributed by atoms with Crippen molar-refractivity contribution < 1.29 is 9.15 Å². The highest BCUT2D eigenvalue weighted by Gasteiger charge is 2.20. The highest BCUT2D eigenvalue weighted by atomic mass is 16.5. The summed E-state index contributed by atoms with van der Waals surface area (Å²) >= 11 is 0. The number of nitrogens with zero attached hydrogens (tertiary/aromatic N) is 1. The Balaban J connectivity index is 1.40. The van der Waals surface area contributed by atoms with E-state index < -0.39 is 0 Å². The third-order valence-electron chi connectivity index (χ3n) is 4.31. The van der Waals surface area contributed by atoms with Crippen LogP contribution in [0.3, 0.4) is 0 Å². The number of ether oxygens (including phenoxy) is 1. The molecule has 5 heteroatoms. The van der Waals surface area contributed by atoms with Crippen molar-refractivity contribution in [1.29, 1.82) is 0 Å². The van der Waals surface area contributed by atoms with Gasteiger partial charge in [-0.3, -0.25) is 0 Å². The van der Waals surface area contributed by atoms with Crippen molar-refractivity contribution >= 4 is 5.96 Å². The number of hydrogen-bond donors (Lipinski definition) is 2. The lowest BCUT2D eigenvalue weighted by Gasteiger charge is -2.12. The molecule has 1 heterocycles. The molecule has 0 amide bonds. The van der Waals surface area contributed by atoms with E-state index in [2.05, 4.69) is 22.8 Å². The molecule has 0 radical (unpaired) electrons. The third kappa shape index (κ3) is 7.31. The Hall–Kier alpha value is -2.27. The SMILES string of the molecule is c1ccc(CN=C(NCCCOCC2CC2)NCCc2ccco2)cc1. The van der Waals surface area contributed by atoms with Gasteiger partial charge in [-0.15, -0.1) is 0 Å². The van der Waals surface area contributed by atoms with E-state index in [1.165, 1.54) is 18.4 Å². The summed E-state index contributed by atoms with van der Waals surface area (Å²) in [5.41, 5.74) is 1.20. The first-order valence-corrected chi connectivity index (χ1v) is 9.56. The Morgan fingerprint density at radius 1 is 1.08 bits per heavy atom. The van der Waals surface area contributed by atoms with Gasteiger partial charge in [0.1, 0.15) is 5.76 Å². The van der Waals surface area contributed by atoms with Crippen LogP contribution in [-0.2, 0) is 17.7 Å². The summed E-state index contributed by atoms with van der Waals surface area (Å²) in [5.74, 6) is 2.64. The van der Waals surface area contributed by atoms with E-state index in [0.29, 0.717) is 6.54 Å². The number of benzene rings is 1. The van der Waals surface area contributed by atoms with Gasteiger partial charge in [-0.1, -0.05) is 30.3 Å². The molecule has 0 unspecified atom stereocenters. The van der Waals surface area contributed by atoms with Crippen molar-refractivity contribution in [2.75, 3.05) is 26.3 Å². The van der Waals surface area contributed by atoms with Crippen molar-refractivity contribution in [2.24, 2.45) is 10.9 Å². The number of aliphatic imine (C=N–C) groups is 1. The van der Waals surface area contributed by atoms with Crippen LogP contribution in [0.2, 0.25) is 0 Å². The molecular weight excluding hydrogens is 326 g/mol. The minimum atomic E-state index is 0.662. The van der Waals surface area contributed by atoms with Gasteiger partial charge in [0.25, 0.3) is 0 Å². The van der Waals surface area contributed by atoms with Crippen molar-refractivity contribution in [1.82, 2.24) is 10.6 Å². The predicted octanol–water partition coefficient (Wildman–Crippen LogP) is 3.37. The van der Waals surface area contributed by atoms with Crippen LogP contribution in [0, 0.1) is 5.92 Å². The van der Waals surface area contributed by atoms with E-state index in [0.717, 1.165) is 56.8 Å². The van der Waals surface area contributed by atoms with E-state index in [9.17, 15) is 0 Å². The van der Waals surface area contributed by atoms with E-state index >= 15 is 0 Å². The Morgan fingerprint density at radius 3 is 2.69 bits per heavy atom. The summed E-state index contributed by atoms with van der Waals surface area (Å²) in [6, 6.07) is 14.2. The average molecular weight is 355 g/mol. The van der Waals surface area contributed by atoms with Crippen LogP contribution in [0.5, 0.6) is 0 Å². The molecule has 1 aliphatic carbocycles. The van der Waals surface area contributed by atoms with Crippen molar-refractivity contribution in [3.63, 3.8) is 0 Å². The molecule has 2 aromatic rings. The first kappa shape index (κ1) is 18.5. The first-order valence-electron chi connectivity index (χ1n) is 9.56. The summed E-state index contributed by atoms with van der Waals surface area (Å²) in [6.45, 7) is 4.03. The van der Waals surface area contributed by atoms with Crippen LogP contribution in [0.25, 0.3) is 0 Å². The third-order valence-corrected chi connectivity index (χ3v) is 4.31. The monoisotopic (exact) mass is 355 g/mol. The van der Waals surface area contributed by atoms with Gasteiger partial charge in [-0.25, -0.2) is 4.99 Å². The minimum Gasteiger partial charge on any atom is -0.469 e. The Bertz CT molecular complexity index is 637. The second-order valence-corrected chi connectivity index (χ2v) is 6.71. The van der Waals surface area contributed by atoms with Gasteiger partial charge in [0.15, 0.2) is 5.96 Å². The Kier molecular flexibility index (Phi) is 7.59. The van der Waals surface area contributed by atoms with Gasteiger partial charge in [-0.05, 0) is 42.9 Å². The fourth-order valence-electron chi connectivity index (χ4n) is 2.60. The van der Waals surface area contributed by atoms with Gasteiger partial charge in [0, 0.05) is 32.7 Å². The molecule has 1 aromatic heterocycles. The molecule has 1 aliphatic rings. The summed E-state index contributed by atoms with van der Waals surface area (Å²) in [7, 11) is 0. The Morgan fingerprint density at radius 2 is 1.92 bits per heavy atom. The van der Waals surface area contributed by atoms with Gasteiger partial charge in [0.05, 0.1) is 12.8 Å². The lowest BCUT2D eigenvalue weighted by molar-refractivity contribution is 0.123. The molecule has 2 N–H and O–H groups in total. The molecule has 0 spiro atoms. The fraction of sp³-hybridized carbons (Fsp3) is 0.476. The van der Waals surface area contributed by atoms with Crippen LogP contribution in [0.15, 0.2) is 58.1 Å². The second-order valence-electron chi connectivity index (χ2n) is 6.71. The zero-order valence-electron chi connectivity index (χ0n) is 15.3. The molecule has 0 bridgehead atoms. The summed E-state index contributed by atoms with van der Waals surface area (Å²) in [5, 5.41) is 6.79. The van der Waals surface area contributed by atoms with Crippen LogP contribution in [-0.4, -0.2) is 32.3 Å². The summed E-state index contributed by atoms with van der Waals surface area (Å²) in [4.78, 5) is 4.69. The topological polar surface area (TPSA) is 58.8 Å². The molecule has 3 rings (SSSR count). The number of hydrogen-bond acceptors (Lipinski definition) is 3. The first-order chi connectivity index (χ1) is 12.9. The molecule has 0 aliphatic heterocycles. The van der Waals surface area contributed by atoms with E-state index in [4.69, 9.17) is 14.1 Å². The molecule has 1 aromatic carbocycles. The maximum atomic E-state index is 5.69. The van der Waals surface area contributed by atoms with Gasteiger partial charge >= 0.3 is 0 Å². The smallest absolute Gasteiger partial charge is 0.191 e. The maximum absolute atomic E-state index is 5.69.